The van der Waals surface area contributed by atoms with Crippen molar-refractivity contribution in [3.63, 3.8) is 0 Å². The Kier molecular flexibility index (Phi) is 4.78. The highest BCUT2D eigenvalue weighted by molar-refractivity contribution is 6.10. The monoisotopic (exact) mass is 444 g/mol. The number of fused-ring (bicyclic) bond motifs is 2. The number of hydrogen-bond donors (Lipinski definition) is 0. The third kappa shape index (κ3) is 3.27. The Morgan fingerprint density at radius 2 is 1.85 bits per heavy atom. The summed E-state index contributed by atoms with van der Waals surface area (Å²) in [5.74, 6) is -1.42. The van der Waals surface area contributed by atoms with Crippen molar-refractivity contribution in [1.29, 1.82) is 0 Å². The van der Waals surface area contributed by atoms with E-state index in [0.29, 0.717) is 16.9 Å². The van der Waals surface area contributed by atoms with Gasteiger partial charge in [-0.3, -0.25) is 14.5 Å². The number of carbonyl (C=O) groups excluding carboxylic acids is 2. The van der Waals surface area contributed by atoms with Gasteiger partial charge in [-0.1, -0.05) is 12.1 Å². The molecular weight excluding hydrogens is 427 g/mol. The molecule has 1 aliphatic rings. The number of benzene rings is 2. The Morgan fingerprint density at radius 1 is 1.09 bits per heavy atom. The Balaban J connectivity index is 1.77. The van der Waals surface area contributed by atoms with Gasteiger partial charge in [0.05, 0.1) is 29.7 Å². The van der Waals surface area contributed by atoms with Crippen LogP contribution in [0.3, 0.4) is 0 Å². The lowest BCUT2D eigenvalue weighted by Crippen LogP contribution is -2.30. The van der Waals surface area contributed by atoms with Crippen LogP contribution in [0.2, 0.25) is 0 Å². The summed E-state index contributed by atoms with van der Waals surface area (Å²) in [4.78, 5) is 44.5. The number of anilines is 1. The Labute approximate surface area is 187 Å². The first kappa shape index (κ1) is 20.6. The summed E-state index contributed by atoms with van der Waals surface area (Å²) in [5, 5.41) is 0.0387. The molecule has 1 unspecified atom stereocenters. The smallest absolute Gasteiger partial charge is 0.337 e. The van der Waals surface area contributed by atoms with Gasteiger partial charge in [-0.05, 0) is 60.5 Å². The van der Waals surface area contributed by atoms with Crippen molar-refractivity contribution in [2.45, 2.75) is 13.0 Å². The average Bonchev–Trinajstić information content (AvgIpc) is 3.11. The van der Waals surface area contributed by atoms with Crippen LogP contribution >= 0.6 is 0 Å². The first-order valence-electron chi connectivity index (χ1n) is 10.1. The van der Waals surface area contributed by atoms with E-state index in [1.165, 1.54) is 24.1 Å². The van der Waals surface area contributed by atoms with Gasteiger partial charge in [0.2, 0.25) is 5.76 Å². The quantitative estimate of drug-likeness (QED) is 0.441. The molecule has 164 valence electrons. The van der Waals surface area contributed by atoms with E-state index in [4.69, 9.17) is 9.15 Å². The number of carbonyl (C=O) groups is 2. The van der Waals surface area contributed by atoms with Crippen LogP contribution < -0.4 is 10.3 Å². The van der Waals surface area contributed by atoms with Crippen LogP contribution in [0.5, 0.6) is 0 Å². The first-order valence-corrected chi connectivity index (χ1v) is 10.1. The Morgan fingerprint density at radius 3 is 2.55 bits per heavy atom. The maximum atomic E-state index is 13.9. The van der Waals surface area contributed by atoms with E-state index in [1.807, 2.05) is 6.92 Å². The molecule has 0 N–H and O–H groups in total. The number of halogens is 1. The Hall–Kier alpha value is -4.33. The van der Waals surface area contributed by atoms with Crippen LogP contribution in [0.15, 0.2) is 70.0 Å². The topological polar surface area (TPSA) is 89.7 Å². The fourth-order valence-electron chi connectivity index (χ4n) is 4.07. The molecule has 0 radical (unpaired) electrons. The number of rotatable bonds is 3. The van der Waals surface area contributed by atoms with Crippen molar-refractivity contribution in [1.82, 2.24) is 4.98 Å². The molecule has 7 nitrogen and oxygen atoms in total. The van der Waals surface area contributed by atoms with E-state index < -0.39 is 29.2 Å². The molecule has 1 atom stereocenters. The molecule has 1 amide bonds. The number of hydrogen-bond acceptors (Lipinski definition) is 6. The van der Waals surface area contributed by atoms with Gasteiger partial charge in [0, 0.05) is 6.20 Å². The van der Waals surface area contributed by atoms with Gasteiger partial charge >= 0.3 is 5.97 Å². The number of ether oxygens (including phenoxy) is 1. The van der Waals surface area contributed by atoms with Crippen molar-refractivity contribution in [3.05, 3.63) is 105 Å². The van der Waals surface area contributed by atoms with E-state index >= 15 is 0 Å². The number of nitrogens with zero attached hydrogens (tertiary/aromatic N) is 2. The van der Waals surface area contributed by atoms with Crippen molar-refractivity contribution in [2.24, 2.45) is 0 Å². The zero-order valence-corrected chi connectivity index (χ0v) is 17.7. The minimum atomic E-state index is -0.877. The second-order valence-electron chi connectivity index (χ2n) is 7.70. The largest absolute Gasteiger partial charge is 0.465 e. The van der Waals surface area contributed by atoms with E-state index in [0.717, 1.165) is 11.6 Å². The fraction of sp³-hybridized carbons (Fsp3) is 0.120. The summed E-state index contributed by atoms with van der Waals surface area (Å²) in [5.41, 5.74) is 1.45. The van der Waals surface area contributed by atoms with Crippen LogP contribution in [0.4, 0.5) is 10.2 Å². The fourth-order valence-corrected chi connectivity index (χ4v) is 4.07. The molecule has 8 heteroatoms. The predicted molar refractivity (Wildman–Crippen MR) is 118 cm³/mol. The molecule has 0 saturated carbocycles. The maximum absolute atomic E-state index is 13.9. The third-order valence-electron chi connectivity index (χ3n) is 5.63. The lowest BCUT2D eigenvalue weighted by Gasteiger charge is -2.24. The van der Waals surface area contributed by atoms with Crippen LogP contribution in [-0.4, -0.2) is 24.0 Å². The molecular formula is C25H17FN2O5. The van der Waals surface area contributed by atoms with E-state index in [1.54, 1.807) is 42.6 Å². The summed E-state index contributed by atoms with van der Waals surface area (Å²) >= 11 is 0. The Bertz CT molecular complexity index is 1490. The number of aryl methyl sites for hydroxylation is 1. The van der Waals surface area contributed by atoms with Crippen molar-refractivity contribution >= 4 is 28.7 Å². The van der Waals surface area contributed by atoms with Gasteiger partial charge in [0.15, 0.2) is 5.43 Å². The molecule has 2 aromatic carbocycles. The number of methoxy groups -OCH3 is 1. The molecule has 0 fully saturated rings. The molecule has 0 saturated heterocycles. The van der Waals surface area contributed by atoms with Crippen molar-refractivity contribution in [3.8, 4) is 0 Å². The molecule has 4 aromatic rings. The molecule has 0 spiro atoms. The average molecular weight is 444 g/mol. The number of esters is 1. The predicted octanol–water partition coefficient (Wildman–Crippen LogP) is 4.17. The lowest BCUT2D eigenvalue weighted by atomic mass is 9.97. The van der Waals surface area contributed by atoms with Crippen LogP contribution in [0.1, 0.15) is 43.6 Å². The highest BCUT2D eigenvalue weighted by Crippen LogP contribution is 2.40. The van der Waals surface area contributed by atoms with Gasteiger partial charge in [0.1, 0.15) is 17.2 Å². The molecule has 1 aliphatic heterocycles. The van der Waals surface area contributed by atoms with Crippen molar-refractivity contribution in [2.75, 3.05) is 12.0 Å². The lowest BCUT2D eigenvalue weighted by molar-refractivity contribution is 0.0600. The van der Waals surface area contributed by atoms with Crippen LogP contribution in [0, 0.1) is 12.7 Å². The second kappa shape index (κ2) is 7.67. The molecule has 3 heterocycles. The SMILES string of the molecule is COC(=O)c1ccc(C2c3c(oc4ccc(F)cc4c3=O)C(=O)N2c2cc(C)ccn2)cc1. The molecule has 33 heavy (non-hydrogen) atoms. The molecule has 2 aromatic heterocycles. The zero-order valence-electron chi connectivity index (χ0n) is 17.7. The van der Waals surface area contributed by atoms with Gasteiger partial charge in [-0.25, -0.2) is 14.2 Å². The standard InChI is InChI=1S/C25H17FN2O5/c1-13-9-10-27-19(11-13)28-21(14-3-5-15(6-4-14)25(31)32-2)20-22(29)17-12-16(26)7-8-18(17)33-23(20)24(28)30/h3-12,21H,1-2H3. The van der Waals surface area contributed by atoms with Crippen LogP contribution in [-0.2, 0) is 4.74 Å². The van der Waals surface area contributed by atoms with Gasteiger partial charge < -0.3 is 9.15 Å². The van der Waals surface area contributed by atoms with E-state index in [2.05, 4.69) is 4.98 Å². The minimum absolute atomic E-state index is 0.0387. The summed E-state index contributed by atoms with van der Waals surface area (Å²) in [6, 6.07) is 12.6. The molecule has 5 rings (SSSR count). The highest BCUT2D eigenvalue weighted by Gasteiger charge is 2.44. The maximum Gasteiger partial charge on any atom is 0.337 e. The second-order valence-corrected chi connectivity index (χ2v) is 7.70. The minimum Gasteiger partial charge on any atom is -0.465 e. The van der Waals surface area contributed by atoms with Gasteiger partial charge in [-0.15, -0.1) is 0 Å². The number of aromatic nitrogens is 1. The molecule has 0 aliphatic carbocycles. The summed E-state index contributed by atoms with van der Waals surface area (Å²) < 4.78 is 24.4. The first-order chi connectivity index (χ1) is 15.9. The number of amides is 1. The van der Waals surface area contributed by atoms with E-state index in [9.17, 15) is 18.8 Å². The highest BCUT2D eigenvalue weighted by atomic mass is 19.1. The summed E-state index contributed by atoms with van der Waals surface area (Å²) in [6.07, 6.45) is 1.57. The summed E-state index contributed by atoms with van der Waals surface area (Å²) in [6.45, 7) is 1.86. The van der Waals surface area contributed by atoms with Crippen LogP contribution in [0.25, 0.3) is 11.0 Å². The van der Waals surface area contributed by atoms with Crippen molar-refractivity contribution < 1.29 is 23.1 Å². The number of pyridine rings is 1. The van der Waals surface area contributed by atoms with Gasteiger partial charge in [-0.2, -0.15) is 0 Å². The third-order valence-corrected chi connectivity index (χ3v) is 5.63. The van der Waals surface area contributed by atoms with E-state index in [-0.39, 0.29) is 22.3 Å². The zero-order chi connectivity index (χ0) is 23.3. The normalized spacial score (nSPS) is 15.1. The summed E-state index contributed by atoms with van der Waals surface area (Å²) in [7, 11) is 1.28. The molecule has 0 bridgehead atoms. The van der Waals surface area contributed by atoms with Gasteiger partial charge in [0.25, 0.3) is 5.91 Å².